The fourth-order valence-corrected chi connectivity index (χ4v) is 3.99. The summed E-state index contributed by atoms with van der Waals surface area (Å²) in [5.41, 5.74) is 2.46. The Bertz CT molecular complexity index is 1720. The van der Waals surface area contributed by atoms with Crippen molar-refractivity contribution in [1.82, 2.24) is 20.2 Å². The highest BCUT2D eigenvalue weighted by atomic mass is 19.4. The highest BCUT2D eigenvalue weighted by molar-refractivity contribution is 6.07. The molecule has 0 aliphatic rings. The van der Waals surface area contributed by atoms with Gasteiger partial charge in [0.25, 0.3) is 5.91 Å². The Hall–Kier alpha value is -5.31. The number of benzene rings is 2. The Balaban J connectivity index is 1.35. The van der Waals surface area contributed by atoms with E-state index in [0.29, 0.717) is 17.5 Å². The number of halogens is 4. The molecule has 5 aromatic rings. The largest absolute Gasteiger partial charge is 0.417 e. The summed E-state index contributed by atoms with van der Waals surface area (Å²) >= 11 is 0. The average molecular weight is 546 g/mol. The number of nitrogens with zero attached hydrogens (tertiary/aromatic N) is 4. The molecular weight excluding hydrogens is 526 g/mol. The van der Waals surface area contributed by atoms with Gasteiger partial charge in [-0.1, -0.05) is 24.3 Å². The fourth-order valence-electron chi connectivity index (χ4n) is 3.99. The monoisotopic (exact) mass is 545 g/mol. The van der Waals surface area contributed by atoms with Gasteiger partial charge in [0.1, 0.15) is 11.6 Å². The predicted molar refractivity (Wildman–Crippen MR) is 140 cm³/mol. The SMILES string of the molecule is N#CCc1[nH]nc2ncc(-c3ccc(CNc4ncc(C(F)(F)F)cc4C(=O)Nc4ccc(F)cc4)cc3)cc12. The number of pyridine rings is 2. The minimum atomic E-state index is -4.70. The molecule has 0 saturated heterocycles. The summed E-state index contributed by atoms with van der Waals surface area (Å²) in [7, 11) is 0. The molecule has 3 N–H and O–H groups in total. The number of carbonyl (C=O) groups excluding carboxylic acids is 1. The lowest BCUT2D eigenvalue weighted by molar-refractivity contribution is -0.137. The Labute approximate surface area is 224 Å². The number of nitrogens with one attached hydrogen (secondary N) is 3. The van der Waals surface area contributed by atoms with Gasteiger partial charge in [0.2, 0.25) is 0 Å². The van der Waals surface area contributed by atoms with E-state index in [1.54, 1.807) is 6.20 Å². The summed E-state index contributed by atoms with van der Waals surface area (Å²) in [5, 5.41) is 22.1. The number of anilines is 2. The molecule has 2 aromatic carbocycles. The van der Waals surface area contributed by atoms with Gasteiger partial charge in [0, 0.05) is 35.6 Å². The van der Waals surface area contributed by atoms with Gasteiger partial charge in [0.15, 0.2) is 5.65 Å². The van der Waals surface area contributed by atoms with Crippen molar-refractivity contribution in [2.45, 2.75) is 19.1 Å². The summed E-state index contributed by atoms with van der Waals surface area (Å²) in [6.45, 7) is 0.167. The first-order chi connectivity index (χ1) is 19.2. The molecule has 0 aliphatic carbocycles. The molecule has 0 unspecified atom stereocenters. The highest BCUT2D eigenvalue weighted by Gasteiger charge is 2.32. The van der Waals surface area contributed by atoms with E-state index in [0.717, 1.165) is 40.3 Å². The van der Waals surface area contributed by atoms with Gasteiger partial charge in [-0.3, -0.25) is 9.89 Å². The number of carbonyl (C=O) groups is 1. The maximum atomic E-state index is 13.3. The van der Waals surface area contributed by atoms with Crippen LogP contribution in [0.25, 0.3) is 22.2 Å². The maximum Gasteiger partial charge on any atom is 0.417 e. The van der Waals surface area contributed by atoms with Crippen LogP contribution < -0.4 is 10.6 Å². The van der Waals surface area contributed by atoms with E-state index in [1.807, 2.05) is 30.3 Å². The molecule has 3 heterocycles. The molecule has 3 aromatic heterocycles. The Kier molecular flexibility index (Phi) is 7.11. The number of rotatable bonds is 7. The molecule has 0 bridgehead atoms. The van der Waals surface area contributed by atoms with Crippen LogP contribution in [0.3, 0.4) is 0 Å². The number of aromatic amines is 1. The Morgan fingerprint density at radius 3 is 2.42 bits per heavy atom. The van der Waals surface area contributed by atoms with E-state index in [-0.39, 0.29) is 30.0 Å². The van der Waals surface area contributed by atoms with Crippen LogP contribution in [-0.4, -0.2) is 26.1 Å². The molecule has 0 fully saturated rings. The second-order valence-electron chi connectivity index (χ2n) is 8.76. The number of H-pyrrole nitrogens is 1. The van der Waals surface area contributed by atoms with Crippen molar-refractivity contribution in [3.05, 3.63) is 101 Å². The number of aromatic nitrogens is 4. The third-order valence-electron chi connectivity index (χ3n) is 6.05. The Morgan fingerprint density at radius 1 is 0.975 bits per heavy atom. The van der Waals surface area contributed by atoms with Crippen LogP contribution in [0, 0.1) is 17.1 Å². The molecule has 0 saturated carbocycles. The van der Waals surface area contributed by atoms with Gasteiger partial charge in [0.05, 0.1) is 29.3 Å². The highest BCUT2D eigenvalue weighted by Crippen LogP contribution is 2.31. The normalized spacial score (nSPS) is 11.3. The summed E-state index contributed by atoms with van der Waals surface area (Å²) < 4.78 is 53.2. The zero-order valence-electron chi connectivity index (χ0n) is 20.6. The summed E-state index contributed by atoms with van der Waals surface area (Å²) in [5.74, 6) is -1.40. The second-order valence-corrected chi connectivity index (χ2v) is 8.76. The van der Waals surface area contributed by atoms with Gasteiger partial charge in [-0.15, -0.1) is 0 Å². The van der Waals surface area contributed by atoms with Gasteiger partial charge in [-0.25, -0.2) is 14.4 Å². The minimum Gasteiger partial charge on any atom is -0.365 e. The topological polar surface area (TPSA) is 119 Å². The number of alkyl halides is 3. The molecule has 5 rings (SSSR count). The number of nitriles is 1. The minimum absolute atomic E-state index is 0.0451. The molecular formula is C28H19F4N7O. The van der Waals surface area contributed by atoms with E-state index < -0.39 is 23.5 Å². The van der Waals surface area contributed by atoms with Crippen LogP contribution in [-0.2, 0) is 19.1 Å². The number of hydrogen-bond acceptors (Lipinski definition) is 6. The smallest absolute Gasteiger partial charge is 0.365 e. The lowest BCUT2D eigenvalue weighted by Crippen LogP contribution is -2.18. The van der Waals surface area contributed by atoms with Crippen LogP contribution in [0.2, 0.25) is 0 Å². The molecule has 0 aliphatic heterocycles. The van der Waals surface area contributed by atoms with Gasteiger partial charge in [-0.2, -0.15) is 23.5 Å². The lowest BCUT2D eigenvalue weighted by atomic mass is 10.0. The molecule has 0 atom stereocenters. The first kappa shape index (κ1) is 26.3. The van der Waals surface area contributed by atoms with Crippen LogP contribution >= 0.6 is 0 Å². The molecule has 0 radical (unpaired) electrons. The van der Waals surface area contributed by atoms with Crippen molar-refractivity contribution >= 4 is 28.4 Å². The maximum absolute atomic E-state index is 13.3. The van der Waals surface area contributed by atoms with Crippen LogP contribution in [0.5, 0.6) is 0 Å². The zero-order chi connectivity index (χ0) is 28.3. The quantitative estimate of drug-likeness (QED) is 0.212. The van der Waals surface area contributed by atoms with Crippen LogP contribution in [0.1, 0.15) is 27.2 Å². The van der Waals surface area contributed by atoms with Crippen molar-refractivity contribution < 1.29 is 22.4 Å². The summed E-state index contributed by atoms with van der Waals surface area (Å²) in [6.07, 6.45) is -2.20. The second kappa shape index (κ2) is 10.8. The number of hydrogen-bond donors (Lipinski definition) is 3. The summed E-state index contributed by atoms with van der Waals surface area (Å²) in [6, 6.07) is 16.9. The van der Waals surface area contributed by atoms with E-state index >= 15 is 0 Å². The first-order valence-corrected chi connectivity index (χ1v) is 11.9. The molecule has 8 nitrogen and oxygen atoms in total. The van der Waals surface area contributed by atoms with E-state index in [9.17, 15) is 22.4 Å². The zero-order valence-corrected chi connectivity index (χ0v) is 20.6. The Morgan fingerprint density at radius 2 is 1.73 bits per heavy atom. The lowest BCUT2D eigenvalue weighted by Gasteiger charge is -2.14. The molecule has 12 heteroatoms. The third-order valence-corrected chi connectivity index (χ3v) is 6.05. The van der Waals surface area contributed by atoms with Crippen molar-refractivity contribution in [2.24, 2.45) is 0 Å². The van der Waals surface area contributed by atoms with E-state index in [1.165, 1.54) is 12.1 Å². The molecule has 200 valence electrons. The van der Waals surface area contributed by atoms with Crippen LogP contribution in [0.15, 0.2) is 73.1 Å². The molecule has 40 heavy (non-hydrogen) atoms. The summed E-state index contributed by atoms with van der Waals surface area (Å²) in [4.78, 5) is 21.1. The molecule has 1 amide bonds. The van der Waals surface area contributed by atoms with Crippen molar-refractivity contribution in [2.75, 3.05) is 10.6 Å². The molecule has 0 spiro atoms. The van der Waals surface area contributed by atoms with Gasteiger partial charge < -0.3 is 10.6 Å². The number of amides is 1. The van der Waals surface area contributed by atoms with Crippen molar-refractivity contribution in [3.8, 4) is 17.2 Å². The van der Waals surface area contributed by atoms with Crippen LogP contribution in [0.4, 0.5) is 29.1 Å². The number of fused-ring (bicyclic) bond motifs is 1. The van der Waals surface area contributed by atoms with Crippen molar-refractivity contribution in [1.29, 1.82) is 5.26 Å². The van der Waals surface area contributed by atoms with E-state index in [2.05, 4.69) is 36.9 Å². The predicted octanol–water partition coefficient (Wildman–Crippen LogP) is 6.11. The average Bonchev–Trinajstić information content (AvgIpc) is 3.35. The third kappa shape index (κ3) is 5.73. The van der Waals surface area contributed by atoms with Gasteiger partial charge >= 0.3 is 6.18 Å². The first-order valence-electron chi connectivity index (χ1n) is 11.9. The van der Waals surface area contributed by atoms with Gasteiger partial charge in [-0.05, 0) is 47.5 Å². The standard InChI is InChI=1S/C28H19F4N7O/c29-20-5-7-21(8-6-20)37-27(40)23-12-19(28(30,31)32)15-36-25(23)34-13-16-1-3-17(4-2-16)18-11-22-24(9-10-33)38-39-26(22)35-14-18/h1-8,11-12,14-15H,9,13H2,(H,34,36)(H,37,40)(H,35,38,39). The van der Waals surface area contributed by atoms with Crippen molar-refractivity contribution in [3.63, 3.8) is 0 Å². The van der Waals surface area contributed by atoms with E-state index in [4.69, 9.17) is 5.26 Å². The fraction of sp³-hybridized carbons (Fsp3) is 0.107.